The molecular formula is C24H21ClF2N10. The number of hydrogen-bond acceptors (Lipinski definition) is 7. The van der Waals surface area contributed by atoms with Crippen LogP contribution in [0.25, 0.3) is 22.6 Å². The van der Waals surface area contributed by atoms with E-state index in [0.717, 1.165) is 6.21 Å². The van der Waals surface area contributed by atoms with E-state index < -0.39 is 19.0 Å². The lowest BCUT2D eigenvalue weighted by Crippen LogP contribution is -2.28. The minimum absolute atomic E-state index is 0.134. The van der Waals surface area contributed by atoms with Gasteiger partial charge in [-0.05, 0) is 30.3 Å². The number of anilines is 1. The number of allylic oxidation sites excluding steroid dienone is 1. The van der Waals surface area contributed by atoms with E-state index in [1.165, 1.54) is 21.4 Å². The van der Waals surface area contributed by atoms with Gasteiger partial charge in [0.15, 0.2) is 11.6 Å². The van der Waals surface area contributed by atoms with Crippen LogP contribution in [0.1, 0.15) is 11.5 Å². The van der Waals surface area contributed by atoms with Crippen LogP contribution < -0.4 is 10.6 Å². The van der Waals surface area contributed by atoms with Gasteiger partial charge in [0, 0.05) is 43.0 Å². The number of halogens is 3. The van der Waals surface area contributed by atoms with Crippen LogP contribution in [0.15, 0.2) is 54.8 Å². The zero-order valence-corrected chi connectivity index (χ0v) is 20.3. The summed E-state index contributed by atoms with van der Waals surface area (Å²) < 4.78 is 34.7. The molecular weight excluding hydrogens is 502 g/mol. The molecule has 37 heavy (non-hydrogen) atoms. The lowest BCUT2D eigenvalue weighted by molar-refractivity contribution is -0.0301. The Balaban J connectivity index is 1.56. The van der Waals surface area contributed by atoms with E-state index in [1.54, 1.807) is 48.3 Å². The second kappa shape index (κ2) is 9.51. The second-order valence-corrected chi connectivity index (χ2v) is 8.84. The van der Waals surface area contributed by atoms with Gasteiger partial charge in [0.25, 0.3) is 5.92 Å². The molecule has 5 rings (SSSR count). The standard InChI is InChI=1S/C24H21ClF2N10/c1-30-20(4-5-28)32-21-8-17(18(25)10-31-21)15-7-19-23-34-33-22(12-35-6-2-3-16(35)9-29)37(23)14-24(26,27)13-36(19)11-15/h2-8,10-11,28,30H,12-14H2,1H3,(H,31,32)/b20-4+,28-5?. The molecule has 4 aromatic rings. The number of alkyl halides is 2. The van der Waals surface area contributed by atoms with Gasteiger partial charge in [-0.15, -0.1) is 10.2 Å². The highest BCUT2D eigenvalue weighted by molar-refractivity contribution is 6.33. The smallest absolute Gasteiger partial charge is 0.283 e. The molecule has 0 fully saturated rings. The number of aromatic nitrogens is 6. The monoisotopic (exact) mass is 522 g/mol. The SMILES string of the molecule is CN/C(=C\C=N)Nc1cc(-c2cc3n(c2)CC(F)(F)Cn2c(Cn4cccc4C#N)nnc2-3)c(Cl)cn1. The van der Waals surface area contributed by atoms with Gasteiger partial charge in [0.2, 0.25) is 0 Å². The summed E-state index contributed by atoms with van der Waals surface area (Å²) in [4.78, 5) is 4.27. The molecule has 0 unspecified atom stereocenters. The average Bonchev–Trinajstić information content (AvgIpc) is 3.57. The van der Waals surface area contributed by atoms with Crippen molar-refractivity contribution in [3.63, 3.8) is 0 Å². The fraction of sp³-hybridized carbons (Fsp3) is 0.208. The van der Waals surface area contributed by atoms with Crippen LogP contribution in [-0.4, -0.2) is 48.1 Å². The fourth-order valence-electron chi connectivity index (χ4n) is 4.26. The number of fused-ring (bicyclic) bond motifs is 3. The van der Waals surface area contributed by atoms with Crippen LogP contribution in [0.4, 0.5) is 14.6 Å². The van der Waals surface area contributed by atoms with Crippen molar-refractivity contribution in [3.8, 4) is 28.7 Å². The number of nitrogens with one attached hydrogen (secondary N) is 3. The summed E-state index contributed by atoms with van der Waals surface area (Å²) in [7, 11) is 1.70. The average molecular weight is 523 g/mol. The summed E-state index contributed by atoms with van der Waals surface area (Å²) in [5, 5.41) is 31.3. The Kier molecular flexibility index (Phi) is 6.22. The normalized spacial score (nSPS) is 14.3. The topological polar surface area (TPSA) is 125 Å². The summed E-state index contributed by atoms with van der Waals surface area (Å²) in [5.41, 5.74) is 2.07. The van der Waals surface area contributed by atoms with E-state index in [2.05, 4.69) is 31.9 Å². The van der Waals surface area contributed by atoms with Gasteiger partial charge in [-0.1, -0.05) is 11.6 Å². The third-order valence-corrected chi connectivity index (χ3v) is 6.25. The highest BCUT2D eigenvalue weighted by Crippen LogP contribution is 2.37. The maximum atomic E-state index is 15.1. The highest BCUT2D eigenvalue weighted by atomic mass is 35.5. The van der Waals surface area contributed by atoms with E-state index in [9.17, 15) is 5.26 Å². The Bertz CT molecular complexity index is 1560. The van der Waals surface area contributed by atoms with Gasteiger partial charge >= 0.3 is 0 Å². The maximum Gasteiger partial charge on any atom is 0.283 e. The van der Waals surface area contributed by atoms with E-state index in [4.69, 9.17) is 17.0 Å². The van der Waals surface area contributed by atoms with E-state index in [0.29, 0.717) is 50.8 Å². The van der Waals surface area contributed by atoms with Crippen molar-refractivity contribution in [2.75, 3.05) is 12.4 Å². The molecule has 1 aliphatic heterocycles. The molecule has 10 nitrogen and oxygen atoms in total. The maximum absolute atomic E-state index is 15.1. The summed E-state index contributed by atoms with van der Waals surface area (Å²) in [6, 6.07) is 8.89. The first-order chi connectivity index (χ1) is 17.8. The summed E-state index contributed by atoms with van der Waals surface area (Å²) in [5.74, 6) is -1.44. The quantitative estimate of drug-likeness (QED) is 0.316. The van der Waals surface area contributed by atoms with Gasteiger partial charge in [-0.25, -0.2) is 13.8 Å². The van der Waals surface area contributed by atoms with Crippen molar-refractivity contribution in [3.05, 3.63) is 71.3 Å². The molecule has 0 amide bonds. The molecule has 0 bridgehead atoms. The third-order valence-electron chi connectivity index (χ3n) is 5.95. The fourth-order valence-corrected chi connectivity index (χ4v) is 4.47. The van der Waals surface area contributed by atoms with Crippen molar-refractivity contribution in [2.24, 2.45) is 0 Å². The van der Waals surface area contributed by atoms with Crippen LogP contribution in [0, 0.1) is 16.7 Å². The molecule has 0 spiro atoms. The van der Waals surface area contributed by atoms with Gasteiger partial charge in [-0.3, -0.25) is 0 Å². The van der Waals surface area contributed by atoms with Gasteiger partial charge in [0.05, 0.1) is 30.4 Å². The number of pyridine rings is 1. The van der Waals surface area contributed by atoms with Crippen molar-refractivity contribution in [1.29, 1.82) is 10.7 Å². The molecule has 188 valence electrons. The molecule has 13 heteroatoms. The predicted molar refractivity (Wildman–Crippen MR) is 134 cm³/mol. The minimum atomic E-state index is -3.07. The Morgan fingerprint density at radius 1 is 1.32 bits per heavy atom. The largest absolute Gasteiger partial charge is 0.375 e. The first kappa shape index (κ1) is 24.2. The number of hydrogen-bond donors (Lipinski definition) is 3. The first-order valence-corrected chi connectivity index (χ1v) is 11.6. The summed E-state index contributed by atoms with van der Waals surface area (Å²) in [6.07, 6.45) is 7.44. The van der Waals surface area contributed by atoms with Crippen molar-refractivity contribution >= 4 is 23.6 Å². The Labute approximate surface area is 215 Å². The Hall–Kier alpha value is -4.50. The Morgan fingerprint density at radius 2 is 2.16 bits per heavy atom. The van der Waals surface area contributed by atoms with E-state index in [1.807, 2.05) is 0 Å². The van der Waals surface area contributed by atoms with Gasteiger partial charge in [-0.2, -0.15) is 5.26 Å². The van der Waals surface area contributed by atoms with Crippen LogP contribution >= 0.6 is 11.6 Å². The molecule has 4 aromatic heterocycles. The summed E-state index contributed by atoms with van der Waals surface area (Å²) in [6.45, 7) is -0.992. The molecule has 0 saturated carbocycles. The molecule has 0 radical (unpaired) electrons. The molecule has 0 atom stereocenters. The highest BCUT2D eigenvalue weighted by Gasteiger charge is 2.37. The molecule has 0 aromatic carbocycles. The number of rotatable bonds is 7. The number of nitrogens with zero attached hydrogens (tertiary/aromatic N) is 7. The molecule has 3 N–H and O–H groups in total. The third kappa shape index (κ3) is 4.68. The van der Waals surface area contributed by atoms with Crippen molar-refractivity contribution in [2.45, 2.75) is 25.6 Å². The molecule has 0 aliphatic carbocycles. The van der Waals surface area contributed by atoms with Crippen LogP contribution in [0.2, 0.25) is 5.02 Å². The summed E-state index contributed by atoms with van der Waals surface area (Å²) >= 11 is 6.45. The minimum Gasteiger partial charge on any atom is -0.375 e. The van der Waals surface area contributed by atoms with E-state index >= 15 is 8.78 Å². The predicted octanol–water partition coefficient (Wildman–Crippen LogP) is 3.95. The van der Waals surface area contributed by atoms with Gasteiger partial charge < -0.3 is 29.7 Å². The van der Waals surface area contributed by atoms with Crippen molar-refractivity contribution < 1.29 is 8.78 Å². The molecule has 5 heterocycles. The lowest BCUT2D eigenvalue weighted by Gasteiger charge is -2.17. The van der Waals surface area contributed by atoms with Crippen molar-refractivity contribution in [1.82, 2.24) is 34.2 Å². The Morgan fingerprint density at radius 3 is 2.92 bits per heavy atom. The first-order valence-electron chi connectivity index (χ1n) is 11.2. The zero-order valence-electron chi connectivity index (χ0n) is 19.6. The van der Waals surface area contributed by atoms with Crippen LogP contribution in [0.5, 0.6) is 0 Å². The number of nitriles is 1. The molecule has 1 aliphatic rings. The van der Waals surface area contributed by atoms with E-state index in [-0.39, 0.29) is 6.54 Å². The second-order valence-electron chi connectivity index (χ2n) is 8.43. The molecule has 0 saturated heterocycles. The zero-order chi connectivity index (χ0) is 26.2. The van der Waals surface area contributed by atoms with Gasteiger partial charge in [0.1, 0.15) is 23.4 Å². The van der Waals surface area contributed by atoms with Crippen LogP contribution in [0.3, 0.4) is 0 Å². The van der Waals surface area contributed by atoms with Crippen LogP contribution in [-0.2, 0) is 19.6 Å². The lowest BCUT2D eigenvalue weighted by atomic mass is 10.1.